The van der Waals surface area contributed by atoms with E-state index in [1.165, 1.54) is 25.3 Å². The molecular weight excluding hydrogens is 187 g/mol. The second-order valence-corrected chi connectivity index (χ2v) is 2.69. The number of hydrogen-bond donors (Lipinski definition) is 2. The number of carbonyl (C=O) groups excluding carboxylic acids is 1. The summed E-state index contributed by atoms with van der Waals surface area (Å²) in [5, 5.41) is 2.32. The van der Waals surface area contributed by atoms with Crippen LogP contribution in [0.2, 0.25) is 0 Å². The van der Waals surface area contributed by atoms with E-state index >= 15 is 0 Å². The molecule has 1 aromatic carbocycles. The fourth-order valence-electron chi connectivity index (χ4n) is 0.979. The Morgan fingerprint density at radius 2 is 2.36 bits per heavy atom. The van der Waals surface area contributed by atoms with Crippen LogP contribution >= 0.6 is 0 Å². The van der Waals surface area contributed by atoms with Gasteiger partial charge >= 0.3 is 0 Å². The Bertz CT molecular complexity index is 321. The first-order chi connectivity index (χ1) is 6.65. The number of halogens is 1. The summed E-state index contributed by atoms with van der Waals surface area (Å²) in [5.74, 6) is -1.00. The maximum absolute atomic E-state index is 13.1. The van der Waals surface area contributed by atoms with E-state index in [0.717, 1.165) is 0 Å². The van der Waals surface area contributed by atoms with Crippen LogP contribution in [0, 0.1) is 5.82 Å². The van der Waals surface area contributed by atoms with Crippen LogP contribution in [-0.2, 0) is 9.53 Å². The highest BCUT2D eigenvalue weighted by Gasteiger charge is 2.08. The van der Waals surface area contributed by atoms with Crippen molar-refractivity contribution in [3.63, 3.8) is 0 Å². The summed E-state index contributed by atoms with van der Waals surface area (Å²) in [7, 11) is 1.38. The molecule has 0 heterocycles. The van der Waals surface area contributed by atoms with Crippen LogP contribution in [0.3, 0.4) is 0 Å². The van der Waals surface area contributed by atoms with Crippen LogP contribution in [0.5, 0.6) is 0 Å². The van der Waals surface area contributed by atoms with Gasteiger partial charge < -0.3 is 15.8 Å². The Balaban J connectivity index is 2.80. The molecule has 0 aliphatic heterocycles. The van der Waals surface area contributed by atoms with Crippen molar-refractivity contribution in [3.05, 3.63) is 24.0 Å². The number of methoxy groups -OCH3 is 1. The summed E-state index contributed by atoms with van der Waals surface area (Å²) in [5.41, 5.74) is 5.65. The number of rotatable bonds is 3. The highest BCUT2D eigenvalue weighted by Crippen LogP contribution is 2.21. The maximum atomic E-state index is 13.1. The summed E-state index contributed by atoms with van der Waals surface area (Å²) in [6.45, 7) is -0.131. The molecule has 0 saturated heterocycles. The Morgan fingerprint density at radius 3 is 2.93 bits per heavy atom. The summed E-state index contributed by atoms with van der Waals surface area (Å²) < 4.78 is 17.7. The van der Waals surface area contributed by atoms with E-state index in [0.29, 0.717) is 0 Å². The number of nitrogens with two attached hydrogens (primary N) is 1. The fraction of sp³-hybridized carbons (Fsp3) is 0.222. The van der Waals surface area contributed by atoms with Gasteiger partial charge in [0.15, 0.2) is 0 Å². The number of para-hydroxylation sites is 1. The standard InChI is InChI=1S/C9H11FN2O2/c1-14-5-8(13)12-9-6(10)3-2-4-7(9)11/h2-4H,5,11H2,1H3,(H,12,13). The monoisotopic (exact) mass is 198 g/mol. The number of ether oxygens (including phenoxy) is 1. The molecule has 14 heavy (non-hydrogen) atoms. The van der Waals surface area contributed by atoms with E-state index in [2.05, 4.69) is 10.1 Å². The van der Waals surface area contributed by atoms with Crippen molar-refractivity contribution < 1.29 is 13.9 Å². The van der Waals surface area contributed by atoms with Crippen molar-refractivity contribution in [1.29, 1.82) is 0 Å². The minimum atomic E-state index is -0.561. The van der Waals surface area contributed by atoms with Gasteiger partial charge in [0.05, 0.1) is 5.69 Å². The Kier molecular flexibility index (Phi) is 3.41. The second kappa shape index (κ2) is 4.57. The van der Waals surface area contributed by atoms with E-state index in [1.807, 2.05) is 0 Å². The van der Waals surface area contributed by atoms with Gasteiger partial charge in [0.2, 0.25) is 5.91 Å². The van der Waals surface area contributed by atoms with Gasteiger partial charge in [0, 0.05) is 7.11 Å². The highest BCUT2D eigenvalue weighted by molar-refractivity contribution is 5.94. The van der Waals surface area contributed by atoms with Crippen LogP contribution < -0.4 is 11.1 Å². The quantitative estimate of drug-likeness (QED) is 0.712. The molecule has 0 aromatic heterocycles. The minimum Gasteiger partial charge on any atom is -0.397 e. The lowest BCUT2D eigenvalue weighted by Crippen LogP contribution is -2.18. The molecule has 0 atom stereocenters. The zero-order valence-electron chi connectivity index (χ0n) is 7.71. The lowest BCUT2D eigenvalue weighted by atomic mass is 10.2. The SMILES string of the molecule is COCC(=O)Nc1c(N)cccc1F. The number of carbonyl (C=O) groups is 1. The Labute approximate surface area is 80.9 Å². The number of benzene rings is 1. The van der Waals surface area contributed by atoms with E-state index in [1.54, 1.807) is 0 Å². The number of nitrogen functional groups attached to an aromatic ring is 1. The second-order valence-electron chi connectivity index (χ2n) is 2.69. The van der Waals surface area contributed by atoms with Gasteiger partial charge in [-0.05, 0) is 12.1 Å². The number of hydrogen-bond acceptors (Lipinski definition) is 3. The lowest BCUT2D eigenvalue weighted by Gasteiger charge is -2.08. The molecular formula is C9H11FN2O2. The average Bonchev–Trinajstić information content (AvgIpc) is 2.12. The van der Waals surface area contributed by atoms with Gasteiger partial charge in [-0.1, -0.05) is 6.07 Å². The third-order valence-corrected chi connectivity index (χ3v) is 1.59. The molecule has 0 spiro atoms. The van der Waals surface area contributed by atoms with Crippen LogP contribution in [0.1, 0.15) is 0 Å². The first kappa shape index (κ1) is 10.5. The van der Waals surface area contributed by atoms with Gasteiger partial charge in [-0.25, -0.2) is 4.39 Å². The third-order valence-electron chi connectivity index (χ3n) is 1.59. The van der Waals surface area contributed by atoms with Crippen molar-refractivity contribution >= 4 is 17.3 Å². The molecule has 0 aliphatic carbocycles. The molecule has 3 N–H and O–H groups in total. The lowest BCUT2D eigenvalue weighted by molar-refractivity contribution is -0.119. The topological polar surface area (TPSA) is 64.3 Å². The normalized spacial score (nSPS) is 9.86. The molecule has 0 unspecified atom stereocenters. The average molecular weight is 198 g/mol. The fourth-order valence-corrected chi connectivity index (χ4v) is 0.979. The molecule has 4 nitrogen and oxygen atoms in total. The van der Waals surface area contributed by atoms with Crippen LogP contribution in [0.15, 0.2) is 18.2 Å². The third kappa shape index (κ3) is 2.43. The molecule has 0 aliphatic rings. The first-order valence-electron chi connectivity index (χ1n) is 3.98. The van der Waals surface area contributed by atoms with Crippen molar-refractivity contribution in [2.75, 3.05) is 24.8 Å². The number of anilines is 2. The predicted octanol–water partition coefficient (Wildman–Crippen LogP) is 0.993. The zero-order chi connectivity index (χ0) is 10.6. The van der Waals surface area contributed by atoms with Gasteiger partial charge in [-0.2, -0.15) is 0 Å². The molecule has 0 saturated carbocycles. The molecule has 0 bridgehead atoms. The minimum absolute atomic E-state index is 0.00505. The number of nitrogens with one attached hydrogen (secondary N) is 1. The van der Waals surface area contributed by atoms with E-state index in [9.17, 15) is 9.18 Å². The van der Waals surface area contributed by atoms with Crippen LogP contribution in [-0.4, -0.2) is 19.6 Å². The summed E-state index contributed by atoms with van der Waals surface area (Å²) in [6, 6.07) is 4.20. The smallest absolute Gasteiger partial charge is 0.250 e. The van der Waals surface area contributed by atoms with Crippen molar-refractivity contribution in [2.24, 2.45) is 0 Å². The van der Waals surface area contributed by atoms with Crippen molar-refractivity contribution in [2.45, 2.75) is 0 Å². The first-order valence-corrected chi connectivity index (χ1v) is 3.98. The van der Waals surface area contributed by atoms with Gasteiger partial charge in [-0.3, -0.25) is 4.79 Å². The molecule has 1 rings (SSSR count). The van der Waals surface area contributed by atoms with Gasteiger partial charge in [0.25, 0.3) is 0 Å². The van der Waals surface area contributed by atoms with Crippen molar-refractivity contribution in [1.82, 2.24) is 0 Å². The Hall–Kier alpha value is -1.62. The van der Waals surface area contributed by atoms with Crippen LogP contribution in [0.25, 0.3) is 0 Å². The largest absolute Gasteiger partial charge is 0.397 e. The van der Waals surface area contributed by atoms with E-state index < -0.39 is 11.7 Å². The molecule has 1 aromatic rings. The molecule has 0 fully saturated rings. The maximum Gasteiger partial charge on any atom is 0.250 e. The zero-order valence-corrected chi connectivity index (χ0v) is 7.71. The number of amides is 1. The molecule has 76 valence electrons. The summed E-state index contributed by atoms with van der Waals surface area (Å²) in [4.78, 5) is 11.1. The Morgan fingerprint density at radius 1 is 1.64 bits per heavy atom. The molecule has 1 amide bonds. The van der Waals surface area contributed by atoms with Gasteiger partial charge in [-0.15, -0.1) is 0 Å². The van der Waals surface area contributed by atoms with Gasteiger partial charge in [0.1, 0.15) is 18.1 Å². The molecule has 0 radical (unpaired) electrons. The van der Waals surface area contributed by atoms with Crippen molar-refractivity contribution in [3.8, 4) is 0 Å². The summed E-state index contributed by atoms with van der Waals surface area (Å²) >= 11 is 0. The highest BCUT2D eigenvalue weighted by atomic mass is 19.1. The van der Waals surface area contributed by atoms with E-state index in [-0.39, 0.29) is 18.0 Å². The van der Waals surface area contributed by atoms with E-state index in [4.69, 9.17) is 5.73 Å². The summed E-state index contributed by atoms with van der Waals surface area (Å²) in [6.07, 6.45) is 0. The predicted molar refractivity (Wildman–Crippen MR) is 51.3 cm³/mol. The van der Waals surface area contributed by atoms with Crippen LogP contribution in [0.4, 0.5) is 15.8 Å². The molecule has 5 heteroatoms.